The van der Waals surface area contributed by atoms with E-state index in [1.54, 1.807) is 0 Å². The van der Waals surface area contributed by atoms with Crippen LogP contribution in [0.4, 0.5) is 0 Å². The van der Waals surface area contributed by atoms with E-state index in [2.05, 4.69) is 38.1 Å². The summed E-state index contributed by atoms with van der Waals surface area (Å²) in [5.41, 5.74) is 7.25. The monoisotopic (exact) mass is 265 g/mol. The van der Waals surface area contributed by atoms with Gasteiger partial charge < -0.3 is 10.8 Å². The second-order valence-corrected chi connectivity index (χ2v) is 6.69. The highest BCUT2D eigenvalue weighted by atomic mass is 32.2. The van der Waals surface area contributed by atoms with Crippen molar-refractivity contribution in [1.29, 1.82) is 0 Å². The van der Waals surface area contributed by atoms with Crippen molar-refractivity contribution in [1.82, 2.24) is 0 Å². The number of hydrogen-bond donors (Lipinski definition) is 2. The van der Waals surface area contributed by atoms with E-state index in [1.807, 2.05) is 11.8 Å². The molecule has 1 aromatic rings. The van der Waals surface area contributed by atoms with E-state index >= 15 is 0 Å². The van der Waals surface area contributed by atoms with Gasteiger partial charge in [0.2, 0.25) is 0 Å². The fraction of sp³-hybridized carbons (Fsp3) is 0.600. The van der Waals surface area contributed by atoms with Crippen molar-refractivity contribution in [3.8, 4) is 0 Å². The molecule has 1 aliphatic rings. The van der Waals surface area contributed by atoms with E-state index in [0.29, 0.717) is 18.4 Å². The summed E-state index contributed by atoms with van der Waals surface area (Å²) in [6, 6.07) is 8.62. The molecular formula is C15H23NOS. The van der Waals surface area contributed by atoms with Crippen molar-refractivity contribution in [3.63, 3.8) is 0 Å². The van der Waals surface area contributed by atoms with Crippen molar-refractivity contribution in [3.05, 3.63) is 29.8 Å². The summed E-state index contributed by atoms with van der Waals surface area (Å²) in [6.45, 7) is 5.07. The van der Waals surface area contributed by atoms with Crippen LogP contribution < -0.4 is 5.73 Å². The summed E-state index contributed by atoms with van der Waals surface area (Å²) in [5.74, 6) is 2.06. The lowest BCUT2D eigenvalue weighted by molar-refractivity contribution is 0.0695. The number of thioether (sulfide) groups is 1. The van der Waals surface area contributed by atoms with Crippen LogP contribution in [0, 0.1) is 11.3 Å². The largest absolute Gasteiger partial charge is 0.396 e. The lowest BCUT2D eigenvalue weighted by Gasteiger charge is -2.37. The van der Waals surface area contributed by atoms with Crippen LogP contribution in [0.15, 0.2) is 29.2 Å². The summed E-state index contributed by atoms with van der Waals surface area (Å²) in [4.78, 5) is 1.40. The topological polar surface area (TPSA) is 46.2 Å². The van der Waals surface area contributed by atoms with E-state index < -0.39 is 0 Å². The zero-order chi connectivity index (χ0) is 13.2. The molecule has 1 heterocycles. The minimum absolute atomic E-state index is 0.136. The first-order chi connectivity index (χ1) is 8.63. The minimum Gasteiger partial charge on any atom is -0.396 e. The van der Waals surface area contributed by atoms with Crippen LogP contribution in [0.2, 0.25) is 0 Å². The third kappa shape index (κ3) is 2.44. The molecule has 2 nitrogen and oxygen atoms in total. The molecule has 3 N–H and O–H groups in total. The Hall–Kier alpha value is -0.510. The van der Waals surface area contributed by atoms with Gasteiger partial charge in [-0.2, -0.15) is 0 Å². The zero-order valence-corrected chi connectivity index (χ0v) is 12.0. The molecule has 1 aromatic carbocycles. The number of aliphatic hydroxyl groups is 1. The molecule has 0 aliphatic carbocycles. The van der Waals surface area contributed by atoms with Gasteiger partial charge in [0, 0.05) is 22.6 Å². The summed E-state index contributed by atoms with van der Waals surface area (Å²) in [5, 5.41) is 9.77. The van der Waals surface area contributed by atoms with Gasteiger partial charge in [-0.15, -0.1) is 11.8 Å². The first-order valence-electron chi connectivity index (χ1n) is 6.65. The second kappa shape index (κ2) is 5.64. The Bertz CT molecular complexity index is 401. The molecule has 0 spiro atoms. The Labute approximate surface area is 114 Å². The normalized spacial score (nSPS) is 21.9. The lowest BCUT2D eigenvalue weighted by atomic mass is 9.71. The highest BCUT2D eigenvalue weighted by Gasteiger charge is 2.37. The van der Waals surface area contributed by atoms with Crippen molar-refractivity contribution >= 4 is 11.8 Å². The molecular weight excluding hydrogens is 242 g/mol. The molecule has 0 radical (unpaired) electrons. The van der Waals surface area contributed by atoms with Crippen LogP contribution in [0.1, 0.15) is 31.7 Å². The Kier molecular flexibility index (Phi) is 4.36. The van der Waals surface area contributed by atoms with Crippen LogP contribution >= 0.6 is 11.8 Å². The van der Waals surface area contributed by atoms with Gasteiger partial charge in [0.05, 0.1) is 6.61 Å². The van der Waals surface area contributed by atoms with Gasteiger partial charge in [-0.25, -0.2) is 0 Å². The van der Waals surface area contributed by atoms with Crippen LogP contribution in [0.3, 0.4) is 0 Å². The Morgan fingerprint density at radius 2 is 2.17 bits per heavy atom. The zero-order valence-electron chi connectivity index (χ0n) is 11.2. The Balaban J connectivity index is 2.20. The summed E-state index contributed by atoms with van der Waals surface area (Å²) >= 11 is 1.93. The molecule has 2 atom stereocenters. The minimum atomic E-state index is -0.136. The molecule has 3 heteroatoms. The van der Waals surface area contributed by atoms with Crippen LogP contribution in [-0.4, -0.2) is 24.0 Å². The number of hydrogen-bond acceptors (Lipinski definition) is 3. The maximum absolute atomic E-state index is 9.77. The Morgan fingerprint density at radius 1 is 1.44 bits per heavy atom. The SMILES string of the molecule is CC(C)C(CN)(CO)CC1CSc2ccccc21. The third-order valence-electron chi connectivity index (χ3n) is 4.40. The molecule has 1 aliphatic heterocycles. The van der Waals surface area contributed by atoms with Gasteiger partial charge in [0.15, 0.2) is 0 Å². The fourth-order valence-corrected chi connectivity index (χ4v) is 4.01. The average Bonchev–Trinajstić information content (AvgIpc) is 2.79. The molecule has 0 saturated heterocycles. The fourth-order valence-electron chi connectivity index (χ4n) is 2.76. The first-order valence-corrected chi connectivity index (χ1v) is 7.64. The van der Waals surface area contributed by atoms with Crippen molar-refractivity contribution in [2.24, 2.45) is 17.1 Å². The van der Waals surface area contributed by atoms with E-state index in [0.717, 1.165) is 12.2 Å². The van der Waals surface area contributed by atoms with E-state index in [1.165, 1.54) is 10.5 Å². The van der Waals surface area contributed by atoms with Crippen molar-refractivity contribution < 1.29 is 5.11 Å². The average molecular weight is 265 g/mol. The molecule has 0 aromatic heterocycles. The second-order valence-electron chi connectivity index (χ2n) is 5.63. The molecule has 2 rings (SSSR count). The van der Waals surface area contributed by atoms with Gasteiger partial charge in [-0.3, -0.25) is 0 Å². The van der Waals surface area contributed by atoms with E-state index in [4.69, 9.17) is 5.73 Å². The lowest BCUT2D eigenvalue weighted by Crippen LogP contribution is -2.40. The van der Waals surface area contributed by atoms with E-state index in [9.17, 15) is 5.11 Å². The van der Waals surface area contributed by atoms with Crippen LogP contribution in [-0.2, 0) is 0 Å². The Morgan fingerprint density at radius 3 is 2.78 bits per heavy atom. The van der Waals surface area contributed by atoms with Crippen molar-refractivity contribution in [2.75, 3.05) is 18.9 Å². The number of benzene rings is 1. The van der Waals surface area contributed by atoms with Gasteiger partial charge in [-0.1, -0.05) is 32.0 Å². The quantitative estimate of drug-likeness (QED) is 0.860. The van der Waals surface area contributed by atoms with Crippen LogP contribution in [0.25, 0.3) is 0 Å². The third-order valence-corrected chi connectivity index (χ3v) is 5.65. The molecule has 100 valence electrons. The maximum Gasteiger partial charge on any atom is 0.0502 e. The van der Waals surface area contributed by atoms with Crippen molar-refractivity contribution in [2.45, 2.75) is 31.1 Å². The summed E-state index contributed by atoms with van der Waals surface area (Å²) < 4.78 is 0. The predicted molar refractivity (Wildman–Crippen MR) is 77.9 cm³/mol. The highest BCUT2D eigenvalue weighted by Crippen LogP contribution is 2.46. The molecule has 0 amide bonds. The van der Waals surface area contributed by atoms with Gasteiger partial charge in [-0.05, 0) is 29.9 Å². The van der Waals surface area contributed by atoms with Gasteiger partial charge in [0.1, 0.15) is 0 Å². The molecule has 0 bridgehead atoms. The molecule has 18 heavy (non-hydrogen) atoms. The molecule has 0 fully saturated rings. The van der Waals surface area contributed by atoms with E-state index in [-0.39, 0.29) is 12.0 Å². The highest BCUT2D eigenvalue weighted by molar-refractivity contribution is 7.99. The van der Waals surface area contributed by atoms with Crippen LogP contribution in [0.5, 0.6) is 0 Å². The number of fused-ring (bicyclic) bond motifs is 1. The molecule has 2 unspecified atom stereocenters. The summed E-state index contributed by atoms with van der Waals surface area (Å²) in [7, 11) is 0. The maximum atomic E-state index is 9.77. The molecule has 0 saturated carbocycles. The first kappa shape index (κ1) is 13.9. The van der Waals surface area contributed by atoms with Gasteiger partial charge >= 0.3 is 0 Å². The smallest absolute Gasteiger partial charge is 0.0502 e. The number of rotatable bonds is 5. The predicted octanol–water partition coefficient (Wildman–Crippen LogP) is 2.86. The summed E-state index contributed by atoms with van der Waals surface area (Å²) in [6.07, 6.45) is 0.988. The number of aliphatic hydroxyl groups excluding tert-OH is 1. The van der Waals surface area contributed by atoms with Gasteiger partial charge in [0.25, 0.3) is 0 Å². The standard InChI is InChI=1S/C15H23NOS/c1-11(2)15(9-16,10-17)7-12-8-18-14-6-4-3-5-13(12)14/h3-6,11-12,17H,7-10,16H2,1-2H3. The number of nitrogens with two attached hydrogens (primary N) is 1.